The van der Waals surface area contributed by atoms with Crippen molar-refractivity contribution in [3.63, 3.8) is 0 Å². The number of rotatable bonds is 5. The number of thiocarbonyl (C=S) groups is 1. The third kappa shape index (κ3) is 3.48. The number of hydrogen-bond acceptors (Lipinski definition) is 5. The largest absolute Gasteiger partial charge is 0.493 e. The number of thioether (sulfide) groups is 1. The Morgan fingerprint density at radius 2 is 1.81 bits per heavy atom. The second-order valence-corrected chi connectivity index (χ2v) is 7.40. The summed E-state index contributed by atoms with van der Waals surface area (Å²) in [4.78, 5) is 15.2. The lowest BCUT2D eigenvalue weighted by Crippen LogP contribution is -2.30. The highest BCUT2D eigenvalue weighted by molar-refractivity contribution is 8.26. The highest BCUT2D eigenvalue weighted by atomic mass is 32.2. The van der Waals surface area contributed by atoms with Gasteiger partial charge in [-0.3, -0.25) is 9.69 Å². The number of carbonyl (C=O) groups excluding carboxylic acids is 1. The van der Waals surface area contributed by atoms with E-state index in [1.165, 1.54) is 11.8 Å². The molecule has 0 bridgehead atoms. The molecule has 0 aromatic heterocycles. The highest BCUT2D eigenvalue weighted by Gasteiger charge is 2.36. The van der Waals surface area contributed by atoms with Gasteiger partial charge in [-0.25, -0.2) is 0 Å². The van der Waals surface area contributed by atoms with Crippen LogP contribution in [0.4, 0.5) is 0 Å². The van der Waals surface area contributed by atoms with Gasteiger partial charge in [-0.05, 0) is 24.6 Å². The fourth-order valence-electron chi connectivity index (χ4n) is 2.86. The molecule has 134 valence electrons. The summed E-state index contributed by atoms with van der Waals surface area (Å²) < 4.78 is 11.3. The van der Waals surface area contributed by atoms with Crippen LogP contribution in [0.3, 0.4) is 0 Å². The Labute approximate surface area is 162 Å². The van der Waals surface area contributed by atoms with E-state index in [0.717, 1.165) is 11.1 Å². The smallest absolute Gasteiger partial charge is 0.266 e. The fraction of sp³-hybridized carbons (Fsp3) is 0.200. The molecule has 2 aromatic carbocycles. The van der Waals surface area contributed by atoms with Gasteiger partial charge in [0.25, 0.3) is 5.91 Å². The molecular formula is C20H19NO3S2. The molecule has 1 unspecified atom stereocenters. The average Bonchev–Trinajstić information content (AvgIpc) is 2.94. The monoisotopic (exact) mass is 385 g/mol. The zero-order valence-corrected chi connectivity index (χ0v) is 16.4. The predicted octanol–water partition coefficient (Wildman–Crippen LogP) is 4.67. The molecule has 1 amide bonds. The van der Waals surface area contributed by atoms with E-state index >= 15 is 0 Å². The molecule has 0 spiro atoms. The van der Waals surface area contributed by atoms with E-state index in [2.05, 4.69) is 0 Å². The summed E-state index contributed by atoms with van der Waals surface area (Å²) in [5, 5.41) is 0. The maximum absolute atomic E-state index is 13.0. The number of benzene rings is 2. The van der Waals surface area contributed by atoms with Crippen molar-refractivity contribution >= 4 is 40.3 Å². The van der Waals surface area contributed by atoms with Crippen LogP contribution in [0.25, 0.3) is 6.08 Å². The summed E-state index contributed by atoms with van der Waals surface area (Å²) in [7, 11) is 3.17. The summed E-state index contributed by atoms with van der Waals surface area (Å²) in [5.41, 5.74) is 1.82. The lowest BCUT2D eigenvalue weighted by atomic mass is 10.1. The normalized spacial score (nSPS) is 16.9. The average molecular weight is 386 g/mol. The van der Waals surface area contributed by atoms with Crippen LogP contribution in [0.15, 0.2) is 53.4 Å². The van der Waals surface area contributed by atoms with Crippen LogP contribution in [0.2, 0.25) is 0 Å². The number of nitrogens with zero attached hydrogens (tertiary/aromatic N) is 1. The number of para-hydroxylation sites is 1. The zero-order chi connectivity index (χ0) is 18.7. The van der Waals surface area contributed by atoms with E-state index in [0.29, 0.717) is 20.7 Å². The first-order chi connectivity index (χ1) is 12.6. The van der Waals surface area contributed by atoms with Crippen LogP contribution in [0.5, 0.6) is 11.5 Å². The van der Waals surface area contributed by atoms with Gasteiger partial charge >= 0.3 is 0 Å². The van der Waals surface area contributed by atoms with E-state index in [1.807, 2.05) is 55.5 Å². The summed E-state index contributed by atoms with van der Waals surface area (Å²) in [6.07, 6.45) is 1.80. The number of hydrogen-bond donors (Lipinski definition) is 0. The van der Waals surface area contributed by atoms with Gasteiger partial charge in [0.2, 0.25) is 0 Å². The molecule has 2 aromatic rings. The number of ether oxygens (including phenoxy) is 2. The van der Waals surface area contributed by atoms with Crippen molar-refractivity contribution in [2.75, 3.05) is 14.2 Å². The van der Waals surface area contributed by atoms with E-state index in [-0.39, 0.29) is 11.9 Å². The van der Waals surface area contributed by atoms with Crippen LogP contribution in [0.1, 0.15) is 24.1 Å². The van der Waals surface area contributed by atoms with E-state index in [4.69, 9.17) is 21.7 Å². The standard InChI is InChI=1S/C20H19NO3S2/c1-13(14-8-5-4-6-9-14)21-19(22)17(26-20(21)25)12-15-10-7-11-16(23-2)18(15)24-3/h4-13H,1-3H3. The van der Waals surface area contributed by atoms with Gasteiger partial charge in [0.05, 0.1) is 25.2 Å². The minimum Gasteiger partial charge on any atom is -0.493 e. The van der Waals surface area contributed by atoms with Crippen LogP contribution < -0.4 is 9.47 Å². The molecule has 0 radical (unpaired) electrons. The number of amides is 1. The Kier molecular flexibility index (Phi) is 5.64. The molecule has 1 atom stereocenters. The van der Waals surface area contributed by atoms with Crippen LogP contribution in [-0.4, -0.2) is 29.3 Å². The predicted molar refractivity (Wildman–Crippen MR) is 109 cm³/mol. The van der Waals surface area contributed by atoms with Crippen LogP contribution >= 0.6 is 24.0 Å². The van der Waals surface area contributed by atoms with Crippen molar-refractivity contribution in [1.82, 2.24) is 4.90 Å². The van der Waals surface area contributed by atoms with Gasteiger partial charge in [0.1, 0.15) is 4.32 Å². The Morgan fingerprint density at radius 3 is 2.46 bits per heavy atom. The lowest BCUT2D eigenvalue weighted by molar-refractivity contribution is -0.123. The van der Waals surface area contributed by atoms with Crippen molar-refractivity contribution in [1.29, 1.82) is 0 Å². The zero-order valence-electron chi connectivity index (χ0n) is 14.8. The van der Waals surface area contributed by atoms with Crippen molar-refractivity contribution in [3.05, 3.63) is 64.6 Å². The first-order valence-corrected chi connectivity index (χ1v) is 9.32. The van der Waals surface area contributed by atoms with E-state index in [1.54, 1.807) is 25.2 Å². The molecule has 1 aliphatic heterocycles. The van der Waals surface area contributed by atoms with Crippen molar-refractivity contribution in [2.24, 2.45) is 0 Å². The molecular weight excluding hydrogens is 366 g/mol. The molecule has 1 heterocycles. The van der Waals surface area contributed by atoms with E-state index in [9.17, 15) is 4.79 Å². The Bertz CT molecular complexity index is 865. The Hall–Kier alpha value is -2.31. The summed E-state index contributed by atoms with van der Waals surface area (Å²) in [5.74, 6) is 1.12. The molecule has 0 aliphatic carbocycles. The minimum absolute atomic E-state index is 0.0961. The maximum atomic E-state index is 13.0. The van der Waals surface area contributed by atoms with Crippen LogP contribution in [0, 0.1) is 0 Å². The van der Waals surface area contributed by atoms with Gasteiger partial charge in [-0.2, -0.15) is 0 Å². The molecule has 1 fully saturated rings. The first-order valence-electron chi connectivity index (χ1n) is 8.09. The second kappa shape index (κ2) is 7.93. The third-order valence-electron chi connectivity index (χ3n) is 4.21. The van der Waals surface area contributed by atoms with Gasteiger partial charge in [-0.15, -0.1) is 0 Å². The summed E-state index contributed by atoms with van der Waals surface area (Å²) >= 11 is 6.77. The van der Waals surface area contributed by atoms with Crippen molar-refractivity contribution < 1.29 is 14.3 Å². The summed E-state index contributed by atoms with van der Waals surface area (Å²) in [6, 6.07) is 15.3. The topological polar surface area (TPSA) is 38.8 Å². The lowest BCUT2D eigenvalue weighted by Gasteiger charge is -2.23. The molecule has 3 rings (SSSR count). The molecule has 6 heteroatoms. The Morgan fingerprint density at radius 1 is 1.08 bits per heavy atom. The minimum atomic E-state index is -0.123. The second-order valence-electron chi connectivity index (χ2n) is 5.72. The summed E-state index contributed by atoms with van der Waals surface area (Å²) in [6.45, 7) is 1.98. The van der Waals surface area contributed by atoms with Gasteiger partial charge < -0.3 is 9.47 Å². The molecule has 1 saturated heterocycles. The Balaban J connectivity index is 1.93. The van der Waals surface area contributed by atoms with Crippen molar-refractivity contribution in [3.8, 4) is 11.5 Å². The quantitative estimate of drug-likeness (QED) is 0.553. The van der Waals surface area contributed by atoms with Gasteiger partial charge in [-0.1, -0.05) is 66.4 Å². The molecule has 0 saturated carbocycles. The highest BCUT2D eigenvalue weighted by Crippen LogP contribution is 2.40. The fourth-order valence-corrected chi connectivity index (χ4v) is 4.27. The number of carbonyl (C=O) groups is 1. The molecule has 0 N–H and O–H groups in total. The molecule has 1 aliphatic rings. The van der Waals surface area contributed by atoms with Crippen molar-refractivity contribution in [2.45, 2.75) is 13.0 Å². The van der Waals surface area contributed by atoms with Gasteiger partial charge in [0, 0.05) is 5.56 Å². The number of methoxy groups -OCH3 is 2. The first kappa shape index (κ1) is 18.5. The van der Waals surface area contributed by atoms with Crippen LogP contribution in [-0.2, 0) is 4.79 Å². The molecule has 4 nitrogen and oxygen atoms in total. The third-order valence-corrected chi connectivity index (χ3v) is 5.54. The molecule has 26 heavy (non-hydrogen) atoms. The van der Waals surface area contributed by atoms with E-state index < -0.39 is 0 Å². The maximum Gasteiger partial charge on any atom is 0.266 e. The SMILES string of the molecule is COc1cccc(C=C2SC(=S)N(C(C)c3ccccc3)C2=O)c1OC. The van der Waals surface area contributed by atoms with Gasteiger partial charge in [0.15, 0.2) is 11.5 Å².